The quantitative estimate of drug-likeness (QED) is 0.347. The summed E-state index contributed by atoms with van der Waals surface area (Å²) in [7, 11) is 3.87. The fraction of sp³-hybridized carbons (Fsp3) is 0.269. The molecule has 1 aromatic carbocycles. The van der Waals surface area contributed by atoms with Crippen molar-refractivity contribution in [3.8, 4) is 0 Å². The minimum Gasteiger partial charge on any atom is -0.459 e. The first-order valence-corrected chi connectivity index (χ1v) is 10.3. The molecule has 0 N–H and O–H groups in total. The smallest absolute Gasteiger partial charge is 0.326 e. The lowest BCUT2D eigenvalue weighted by Gasteiger charge is -2.22. The van der Waals surface area contributed by atoms with Crippen LogP contribution in [-0.2, 0) is 14.3 Å². The molecule has 6 heteroatoms. The Hall–Kier alpha value is -3.67. The van der Waals surface area contributed by atoms with Crippen LogP contribution < -0.4 is 0 Å². The third kappa shape index (κ3) is 7.54. The summed E-state index contributed by atoms with van der Waals surface area (Å²) in [6.45, 7) is 8.93. The molecule has 0 aromatic heterocycles. The maximum atomic E-state index is 13.0. The molecule has 1 aliphatic heterocycles. The number of allylic oxidation sites excluding steroid dienone is 5. The van der Waals surface area contributed by atoms with Gasteiger partial charge in [-0.1, -0.05) is 55.1 Å². The van der Waals surface area contributed by atoms with Gasteiger partial charge in [-0.05, 0) is 50.6 Å². The van der Waals surface area contributed by atoms with Crippen molar-refractivity contribution in [1.29, 1.82) is 0 Å². The zero-order valence-corrected chi connectivity index (χ0v) is 19.4. The molecule has 0 saturated heterocycles. The Morgan fingerprint density at radius 1 is 1.16 bits per heavy atom. The lowest BCUT2D eigenvalue weighted by Crippen LogP contribution is -2.39. The minimum absolute atomic E-state index is 0.212. The Bertz CT molecular complexity index is 991. The lowest BCUT2D eigenvalue weighted by molar-refractivity contribution is -0.156. The molecule has 1 heterocycles. The van der Waals surface area contributed by atoms with E-state index in [0.29, 0.717) is 5.84 Å². The summed E-state index contributed by atoms with van der Waals surface area (Å²) in [5.74, 6) is -0.453. The van der Waals surface area contributed by atoms with Crippen LogP contribution in [-0.4, -0.2) is 53.8 Å². The number of benzene rings is 1. The van der Waals surface area contributed by atoms with Gasteiger partial charge in [0.05, 0.1) is 0 Å². The van der Waals surface area contributed by atoms with Gasteiger partial charge in [-0.3, -0.25) is 14.5 Å². The number of nitrogens with zero attached hydrogens (tertiary/aromatic N) is 3. The highest BCUT2D eigenvalue weighted by Gasteiger charge is 2.31. The van der Waals surface area contributed by atoms with Crippen molar-refractivity contribution in [1.82, 2.24) is 9.80 Å². The number of likely N-dealkylation sites (N-methyl/N-ethyl adjacent to an activating group) is 1. The van der Waals surface area contributed by atoms with Gasteiger partial charge in [0, 0.05) is 19.8 Å². The number of hydrogen-bond acceptors (Lipinski definition) is 5. The molecule has 0 atom stereocenters. The molecule has 0 saturated carbocycles. The van der Waals surface area contributed by atoms with Gasteiger partial charge >= 0.3 is 5.97 Å². The van der Waals surface area contributed by atoms with Crippen LogP contribution in [0.5, 0.6) is 0 Å². The van der Waals surface area contributed by atoms with Crippen LogP contribution in [0.2, 0.25) is 0 Å². The Morgan fingerprint density at radius 3 is 2.44 bits per heavy atom. The third-order valence-corrected chi connectivity index (χ3v) is 4.25. The number of ether oxygens (including phenoxy) is 1. The zero-order chi connectivity index (χ0) is 23.7. The highest BCUT2D eigenvalue weighted by atomic mass is 16.6. The van der Waals surface area contributed by atoms with Crippen molar-refractivity contribution in [3.63, 3.8) is 0 Å². The molecule has 0 aliphatic carbocycles. The van der Waals surface area contributed by atoms with Crippen LogP contribution in [0.3, 0.4) is 0 Å². The monoisotopic (exact) mass is 433 g/mol. The first kappa shape index (κ1) is 24.6. The second-order valence-corrected chi connectivity index (χ2v) is 8.32. The molecule has 0 spiro atoms. The summed E-state index contributed by atoms with van der Waals surface area (Å²) >= 11 is 0. The second-order valence-electron chi connectivity index (χ2n) is 8.32. The van der Waals surface area contributed by atoms with Gasteiger partial charge in [-0.15, -0.1) is 0 Å². The summed E-state index contributed by atoms with van der Waals surface area (Å²) in [5.41, 5.74) is 1.44. The number of amides is 1. The molecular formula is C26H31N3O3. The fourth-order valence-corrected chi connectivity index (χ4v) is 2.82. The molecule has 6 nitrogen and oxygen atoms in total. The fourth-order valence-electron chi connectivity index (χ4n) is 2.82. The molecule has 0 radical (unpaired) electrons. The van der Waals surface area contributed by atoms with Gasteiger partial charge in [0.25, 0.3) is 5.91 Å². The van der Waals surface area contributed by atoms with Gasteiger partial charge in [0.15, 0.2) is 0 Å². The highest BCUT2D eigenvalue weighted by molar-refractivity contribution is 6.18. The van der Waals surface area contributed by atoms with Gasteiger partial charge in [0.1, 0.15) is 23.7 Å². The van der Waals surface area contributed by atoms with Gasteiger partial charge in [-0.25, -0.2) is 4.99 Å². The number of esters is 1. The van der Waals surface area contributed by atoms with Crippen LogP contribution >= 0.6 is 0 Å². The van der Waals surface area contributed by atoms with E-state index >= 15 is 0 Å². The number of aliphatic imine (C=N–C) groups is 1. The predicted molar refractivity (Wildman–Crippen MR) is 130 cm³/mol. The van der Waals surface area contributed by atoms with Gasteiger partial charge < -0.3 is 9.64 Å². The molecule has 32 heavy (non-hydrogen) atoms. The van der Waals surface area contributed by atoms with Crippen molar-refractivity contribution in [3.05, 3.63) is 90.3 Å². The van der Waals surface area contributed by atoms with Crippen molar-refractivity contribution in [2.75, 3.05) is 20.6 Å². The summed E-state index contributed by atoms with van der Waals surface area (Å²) < 4.78 is 5.39. The van der Waals surface area contributed by atoms with E-state index in [1.54, 1.807) is 45.1 Å². The molecule has 1 amide bonds. The topological polar surface area (TPSA) is 62.2 Å². The molecule has 1 aromatic rings. The maximum Gasteiger partial charge on any atom is 0.326 e. The average Bonchev–Trinajstić information content (AvgIpc) is 2.98. The first-order valence-electron chi connectivity index (χ1n) is 10.3. The Labute approximate surface area is 190 Å². The number of carbonyl (C=O) groups is 2. The van der Waals surface area contributed by atoms with E-state index in [2.05, 4.69) is 11.6 Å². The summed E-state index contributed by atoms with van der Waals surface area (Å²) in [6.07, 6.45) is 12.5. The Kier molecular flexibility index (Phi) is 8.53. The van der Waals surface area contributed by atoms with Crippen molar-refractivity contribution in [2.24, 2.45) is 4.99 Å². The van der Waals surface area contributed by atoms with E-state index in [1.165, 1.54) is 4.90 Å². The van der Waals surface area contributed by atoms with E-state index in [4.69, 9.17) is 4.74 Å². The molecule has 168 valence electrons. The third-order valence-electron chi connectivity index (χ3n) is 4.25. The van der Waals surface area contributed by atoms with Crippen LogP contribution in [0.15, 0.2) is 89.8 Å². The number of hydrogen-bond donors (Lipinski definition) is 0. The first-order chi connectivity index (χ1) is 15.1. The van der Waals surface area contributed by atoms with Crippen molar-refractivity contribution < 1.29 is 14.3 Å². The number of amidine groups is 1. The zero-order valence-electron chi connectivity index (χ0n) is 19.4. The van der Waals surface area contributed by atoms with Crippen LogP contribution in [0.25, 0.3) is 6.08 Å². The molecule has 0 fully saturated rings. The summed E-state index contributed by atoms with van der Waals surface area (Å²) in [5, 5.41) is 0. The molecule has 1 aliphatic rings. The highest BCUT2D eigenvalue weighted by Crippen LogP contribution is 2.20. The standard InChI is InChI=1S/C26H31N3O3/c1-7-21(28(5)6)16-12-9-13-17-23-27-22(18-20-14-10-8-11-15-20)25(31)29(23)19-24(30)32-26(2,3)4/h7-18H,1,19H2,2-6H3/b12-9+,17-13+,21-16+,22-18-. The molecule has 0 unspecified atom stereocenters. The lowest BCUT2D eigenvalue weighted by atomic mass is 10.2. The minimum atomic E-state index is -0.639. The Morgan fingerprint density at radius 2 is 1.84 bits per heavy atom. The van der Waals surface area contributed by atoms with E-state index in [0.717, 1.165) is 11.3 Å². The Balaban J connectivity index is 2.27. The van der Waals surface area contributed by atoms with Crippen LogP contribution in [0, 0.1) is 0 Å². The van der Waals surface area contributed by atoms with Crippen molar-refractivity contribution >= 4 is 23.8 Å². The molecule has 0 bridgehead atoms. The molecule has 2 rings (SSSR count). The van der Waals surface area contributed by atoms with Crippen LogP contribution in [0.1, 0.15) is 26.3 Å². The summed E-state index contributed by atoms with van der Waals surface area (Å²) in [4.78, 5) is 33.1. The SMILES string of the molecule is C=C\C(=C/C=C/C=C/C1=NC(=C\c2ccccc2)/C(=O)N1CC(=O)OC(C)(C)C)N(C)C. The normalized spacial score (nSPS) is 16.2. The van der Waals surface area contributed by atoms with Gasteiger partial charge in [0.2, 0.25) is 0 Å². The van der Waals surface area contributed by atoms with Gasteiger partial charge in [-0.2, -0.15) is 0 Å². The largest absolute Gasteiger partial charge is 0.459 e. The predicted octanol–water partition coefficient (Wildman–Crippen LogP) is 4.35. The maximum absolute atomic E-state index is 13.0. The van der Waals surface area contributed by atoms with E-state index < -0.39 is 11.6 Å². The number of rotatable bonds is 8. The second kappa shape index (κ2) is 11.1. The molecular weight excluding hydrogens is 402 g/mol. The number of carbonyl (C=O) groups excluding carboxylic acids is 2. The van der Waals surface area contributed by atoms with Crippen LogP contribution in [0.4, 0.5) is 0 Å². The summed E-state index contributed by atoms with van der Waals surface area (Å²) in [6, 6.07) is 9.45. The van der Waals surface area contributed by atoms with E-state index in [-0.39, 0.29) is 18.1 Å². The van der Waals surface area contributed by atoms with E-state index in [9.17, 15) is 9.59 Å². The van der Waals surface area contributed by atoms with Crippen molar-refractivity contribution in [2.45, 2.75) is 26.4 Å². The average molecular weight is 434 g/mol. The van der Waals surface area contributed by atoms with E-state index in [1.807, 2.05) is 67.6 Å².